The van der Waals surface area contributed by atoms with Gasteiger partial charge in [-0.1, -0.05) is 30.3 Å². The van der Waals surface area contributed by atoms with Crippen LogP contribution in [0, 0.1) is 11.6 Å². The Balaban J connectivity index is 1.63. The summed E-state index contributed by atoms with van der Waals surface area (Å²) in [5, 5.41) is 5.25. The van der Waals surface area contributed by atoms with Gasteiger partial charge in [-0.2, -0.15) is 0 Å². The Hall–Kier alpha value is -3.29. The summed E-state index contributed by atoms with van der Waals surface area (Å²) in [6.07, 6.45) is 0.299. The molecule has 2 aromatic rings. The van der Waals surface area contributed by atoms with E-state index in [1.54, 1.807) is 45.0 Å². The van der Waals surface area contributed by atoms with Crippen molar-refractivity contribution in [1.82, 2.24) is 10.6 Å². The van der Waals surface area contributed by atoms with Crippen LogP contribution in [0.2, 0.25) is 0 Å². The Morgan fingerprint density at radius 1 is 0.939 bits per heavy atom. The van der Waals surface area contributed by atoms with Gasteiger partial charge in [0.1, 0.15) is 22.8 Å². The molecule has 176 valence electrons. The molecule has 2 amide bonds. The first kappa shape index (κ1) is 24.4. The highest BCUT2D eigenvalue weighted by Crippen LogP contribution is 2.41. The van der Waals surface area contributed by atoms with Gasteiger partial charge < -0.3 is 15.4 Å². The van der Waals surface area contributed by atoms with Crippen molar-refractivity contribution in [2.45, 2.75) is 64.1 Å². The molecule has 1 aliphatic carbocycles. The van der Waals surface area contributed by atoms with Gasteiger partial charge in [0.2, 0.25) is 0 Å². The second-order valence-corrected chi connectivity index (χ2v) is 9.72. The number of alkyl carbamates (subject to hydrolysis) is 1. The van der Waals surface area contributed by atoms with E-state index in [-0.39, 0.29) is 12.0 Å². The molecule has 1 aliphatic rings. The Labute approximate surface area is 191 Å². The molecule has 8 heteroatoms. The van der Waals surface area contributed by atoms with Crippen LogP contribution in [0.4, 0.5) is 13.6 Å². The zero-order valence-corrected chi connectivity index (χ0v) is 19.3. The van der Waals surface area contributed by atoms with Gasteiger partial charge in [-0.25, -0.2) is 13.6 Å². The van der Waals surface area contributed by atoms with Crippen molar-refractivity contribution in [1.29, 1.82) is 0 Å². The molecule has 3 rings (SSSR count). The molecule has 0 spiro atoms. The summed E-state index contributed by atoms with van der Waals surface area (Å²) < 4.78 is 33.1. The van der Waals surface area contributed by atoms with E-state index in [0.717, 1.165) is 30.2 Å². The minimum absolute atomic E-state index is 0.0344. The minimum atomic E-state index is -1.40. The smallest absolute Gasteiger partial charge is 0.407 e. The summed E-state index contributed by atoms with van der Waals surface area (Å²) in [6, 6.07) is 9.95. The lowest BCUT2D eigenvalue weighted by Crippen LogP contribution is -2.50. The third-order valence-corrected chi connectivity index (χ3v) is 5.28. The largest absolute Gasteiger partial charge is 0.444 e. The molecule has 0 heterocycles. The number of hydrogen-bond acceptors (Lipinski definition) is 4. The first-order chi connectivity index (χ1) is 15.3. The first-order valence-corrected chi connectivity index (χ1v) is 10.7. The van der Waals surface area contributed by atoms with Crippen molar-refractivity contribution in [2.24, 2.45) is 0 Å². The summed E-state index contributed by atoms with van der Waals surface area (Å²) in [6.45, 7) is 8.33. The maximum Gasteiger partial charge on any atom is 0.407 e. The lowest BCUT2D eigenvalue weighted by molar-refractivity contribution is 0.0522. The Kier molecular flexibility index (Phi) is 6.58. The zero-order valence-electron chi connectivity index (χ0n) is 19.3. The molecule has 0 saturated heterocycles. The van der Waals surface area contributed by atoms with Crippen molar-refractivity contribution >= 4 is 17.8 Å². The molecule has 0 aromatic heterocycles. The molecule has 1 fully saturated rings. The number of hydrogen-bond donors (Lipinski definition) is 2. The highest BCUT2D eigenvalue weighted by Gasteiger charge is 2.40. The third kappa shape index (κ3) is 5.94. The van der Waals surface area contributed by atoms with E-state index in [1.807, 2.05) is 0 Å². The van der Waals surface area contributed by atoms with E-state index in [4.69, 9.17) is 4.74 Å². The van der Waals surface area contributed by atoms with Crippen LogP contribution in [0.1, 0.15) is 73.2 Å². The fraction of sp³-hybridized carbons (Fsp3) is 0.400. The normalized spacial score (nSPS) is 17.8. The molecule has 0 aliphatic heterocycles. The van der Waals surface area contributed by atoms with Gasteiger partial charge in [0, 0.05) is 17.5 Å². The predicted molar refractivity (Wildman–Crippen MR) is 119 cm³/mol. The van der Waals surface area contributed by atoms with Crippen LogP contribution in [0.5, 0.6) is 0 Å². The fourth-order valence-corrected chi connectivity index (χ4v) is 3.54. The molecule has 33 heavy (non-hydrogen) atoms. The average Bonchev–Trinajstić information content (AvgIpc) is 3.44. The maximum absolute atomic E-state index is 13.9. The second kappa shape index (κ2) is 8.92. The Bertz CT molecular complexity index is 1050. The van der Waals surface area contributed by atoms with Gasteiger partial charge >= 0.3 is 6.09 Å². The molecular weight excluding hydrogens is 430 g/mol. The number of Topliss-reactive ketones (excluding diaryl/α,β-unsaturated/α-hetero) is 1. The van der Waals surface area contributed by atoms with Crippen LogP contribution >= 0.6 is 0 Å². The fourth-order valence-electron chi connectivity index (χ4n) is 3.54. The van der Waals surface area contributed by atoms with Crippen LogP contribution in [0.3, 0.4) is 0 Å². The van der Waals surface area contributed by atoms with Gasteiger partial charge in [-0.3, -0.25) is 9.59 Å². The van der Waals surface area contributed by atoms with Gasteiger partial charge in [-0.15, -0.1) is 0 Å². The molecule has 2 N–H and O–H groups in total. The summed E-state index contributed by atoms with van der Waals surface area (Å²) >= 11 is 0. The maximum atomic E-state index is 13.9. The topological polar surface area (TPSA) is 84.5 Å². The third-order valence-electron chi connectivity index (χ3n) is 5.28. The monoisotopic (exact) mass is 458 g/mol. The van der Waals surface area contributed by atoms with Crippen LogP contribution in [-0.4, -0.2) is 35.0 Å². The standard InChI is InChI=1S/C25H28F2N2O4/c1-24(2,3)33-23(32)28-19-13-16(19)14-9-11-15(12-10-14)21(30)25(4,5)29-22(31)20-17(26)7-6-8-18(20)27/h6-12,16,19H,13H2,1-5H3,(H,28,32)(H,29,31). The SMILES string of the molecule is CC(C)(C)OC(=O)NC1CC1c1ccc(C(=O)C(C)(C)NC(=O)c2c(F)cccc2F)cc1. The number of amides is 2. The highest BCUT2D eigenvalue weighted by atomic mass is 19.1. The van der Waals surface area contributed by atoms with Crippen LogP contribution in [0.15, 0.2) is 42.5 Å². The molecule has 0 bridgehead atoms. The number of halogens is 2. The van der Waals surface area contributed by atoms with Gasteiger partial charge in [0.25, 0.3) is 5.91 Å². The van der Waals surface area contributed by atoms with Crippen LogP contribution in [-0.2, 0) is 4.74 Å². The summed E-state index contributed by atoms with van der Waals surface area (Å²) in [4.78, 5) is 37.3. The Morgan fingerprint density at radius 2 is 1.52 bits per heavy atom. The number of ether oxygens (including phenoxy) is 1. The van der Waals surface area contributed by atoms with Crippen molar-refractivity contribution in [2.75, 3.05) is 0 Å². The van der Waals surface area contributed by atoms with Crippen molar-refractivity contribution < 1.29 is 27.9 Å². The van der Waals surface area contributed by atoms with Crippen LogP contribution in [0.25, 0.3) is 0 Å². The molecular formula is C25H28F2N2O4. The molecule has 2 atom stereocenters. The summed E-state index contributed by atoms with van der Waals surface area (Å²) in [7, 11) is 0. The number of benzene rings is 2. The summed E-state index contributed by atoms with van der Waals surface area (Å²) in [5.41, 5.74) is -1.39. The lowest BCUT2D eigenvalue weighted by Gasteiger charge is -2.25. The number of carbonyl (C=O) groups is 3. The molecule has 2 unspecified atom stereocenters. The van der Waals surface area contributed by atoms with E-state index >= 15 is 0 Å². The first-order valence-electron chi connectivity index (χ1n) is 10.7. The van der Waals surface area contributed by atoms with Gasteiger partial charge in [-0.05, 0) is 58.7 Å². The number of ketones is 1. The van der Waals surface area contributed by atoms with Crippen molar-refractivity contribution in [3.8, 4) is 0 Å². The molecule has 6 nitrogen and oxygen atoms in total. The predicted octanol–water partition coefficient (Wildman–Crippen LogP) is 4.74. The van der Waals surface area contributed by atoms with E-state index in [9.17, 15) is 23.2 Å². The van der Waals surface area contributed by atoms with E-state index in [1.165, 1.54) is 13.8 Å². The summed E-state index contributed by atoms with van der Waals surface area (Å²) in [5.74, 6) is -3.29. The lowest BCUT2D eigenvalue weighted by atomic mass is 9.91. The Morgan fingerprint density at radius 3 is 2.06 bits per heavy atom. The molecule has 1 saturated carbocycles. The van der Waals surface area contributed by atoms with E-state index < -0.39 is 46.1 Å². The van der Waals surface area contributed by atoms with Crippen molar-refractivity contribution in [3.63, 3.8) is 0 Å². The molecule has 0 radical (unpaired) electrons. The van der Waals surface area contributed by atoms with E-state index in [0.29, 0.717) is 5.56 Å². The highest BCUT2D eigenvalue weighted by molar-refractivity contribution is 6.06. The van der Waals surface area contributed by atoms with Crippen molar-refractivity contribution in [3.05, 3.63) is 70.8 Å². The van der Waals surface area contributed by atoms with Gasteiger partial charge in [0.15, 0.2) is 5.78 Å². The van der Waals surface area contributed by atoms with Crippen LogP contribution < -0.4 is 10.6 Å². The van der Waals surface area contributed by atoms with E-state index in [2.05, 4.69) is 10.6 Å². The minimum Gasteiger partial charge on any atom is -0.444 e. The van der Waals surface area contributed by atoms with Gasteiger partial charge in [0.05, 0.1) is 5.54 Å². The number of rotatable bonds is 6. The average molecular weight is 459 g/mol. The molecule has 2 aromatic carbocycles. The number of nitrogens with one attached hydrogen (secondary N) is 2. The second-order valence-electron chi connectivity index (χ2n) is 9.72. The number of carbonyl (C=O) groups excluding carboxylic acids is 3. The quantitative estimate of drug-likeness (QED) is 0.613. The zero-order chi connectivity index (χ0) is 24.6.